The Hall–Kier alpha value is -2.47. The number of carbonyl (C=O) groups is 1. The first kappa shape index (κ1) is 18.3. The Morgan fingerprint density at radius 1 is 1.19 bits per heavy atom. The molecule has 2 aromatic rings. The molecule has 1 aliphatic heterocycles. The zero-order valence-electron chi connectivity index (χ0n) is 14.7. The van der Waals surface area contributed by atoms with Crippen LogP contribution in [0.5, 0.6) is 0 Å². The Kier molecular flexibility index (Phi) is 5.83. The molecule has 5 nitrogen and oxygen atoms in total. The van der Waals surface area contributed by atoms with Crippen molar-refractivity contribution >= 4 is 12.0 Å². The van der Waals surface area contributed by atoms with Gasteiger partial charge in [-0.05, 0) is 35.3 Å². The van der Waals surface area contributed by atoms with Crippen molar-refractivity contribution in [3.8, 4) is 0 Å². The van der Waals surface area contributed by atoms with Gasteiger partial charge in [-0.25, -0.2) is 14.9 Å². The summed E-state index contributed by atoms with van der Waals surface area (Å²) in [5, 5.41) is 9.59. The van der Waals surface area contributed by atoms with Crippen molar-refractivity contribution < 1.29 is 24.4 Å². The molecule has 1 heterocycles. The monoisotopic (exact) mass is 354 g/mol. The second-order valence-electron chi connectivity index (χ2n) is 6.20. The van der Waals surface area contributed by atoms with E-state index in [1.165, 1.54) is 6.08 Å². The maximum atomic E-state index is 11.6. The van der Waals surface area contributed by atoms with Crippen molar-refractivity contribution in [2.45, 2.75) is 32.2 Å². The normalized spacial score (nSPS) is 19.3. The molecule has 136 valence electrons. The third kappa shape index (κ3) is 4.19. The van der Waals surface area contributed by atoms with E-state index in [4.69, 9.17) is 14.4 Å². The van der Waals surface area contributed by atoms with Gasteiger partial charge < -0.3 is 9.47 Å². The minimum Gasteiger partial charge on any atom is -0.463 e. The lowest BCUT2D eigenvalue weighted by molar-refractivity contribution is -0.409. The van der Waals surface area contributed by atoms with Gasteiger partial charge in [-0.3, -0.25) is 0 Å². The van der Waals surface area contributed by atoms with Crippen molar-refractivity contribution in [1.29, 1.82) is 0 Å². The highest BCUT2D eigenvalue weighted by molar-refractivity contribution is 5.87. The first-order valence-electron chi connectivity index (χ1n) is 8.62. The molecule has 1 N–H and O–H groups in total. The van der Waals surface area contributed by atoms with Crippen LogP contribution in [-0.4, -0.2) is 23.6 Å². The maximum Gasteiger partial charge on any atom is 0.330 e. The third-order valence-electron chi connectivity index (χ3n) is 4.44. The summed E-state index contributed by atoms with van der Waals surface area (Å²) in [6.45, 7) is 2.47. The van der Waals surface area contributed by atoms with Gasteiger partial charge in [0.25, 0.3) is 0 Å². The molecule has 0 bridgehead atoms. The van der Waals surface area contributed by atoms with Gasteiger partial charge in [-0.15, -0.1) is 0 Å². The molecule has 1 atom stereocenters. The van der Waals surface area contributed by atoms with Crippen LogP contribution in [0.1, 0.15) is 29.2 Å². The average molecular weight is 354 g/mol. The van der Waals surface area contributed by atoms with Crippen LogP contribution in [0.4, 0.5) is 0 Å². The molecular weight excluding hydrogens is 332 g/mol. The van der Waals surface area contributed by atoms with E-state index in [-0.39, 0.29) is 0 Å². The van der Waals surface area contributed by atoms with Crippen LogP contribution in [-0.2, 0) is 38.6 Å². The zero-order chi connectivity index (χ0) is 18.4. The highest BCUT2D eigenvalue weighted by Crippen LogP contribution is 2.32. The number of carbonyl (C=O) groups excluding carboxylic acids is 1. The second kappa shape index (κ2) is 8.27. The van der Waals surface area contributed by atoms with E-state index in [0.29, 0.717) is 26.1 Å². The quantitative estimate of drug-likeness (QED) is 0.370. The highest BCUT2D eigenvalue weighted by atomic mass is 17.1. The van der Waals surface area contributed by atoms with Crippen LogP contribution in [0.25, 0.3) is 6.08 Å². The van der Waals surface area contributed by atoms with E-state index in [1.54, 1.807) is 13.0 Å². The Labute approximate surface area is 152 Å². The van der Waals surface area contributed by atoms with E-state index in [9.17, 15) is 10.1 Å². The number of rotatable bonds is 6. The number of benzene rings is 2. The summed E-state index contributed by atoms with van der Waals surface area (Å²) in [5.74, 6) is -1.54. The number of hydrogen-bond donors (Lipinski definition) is 1. The molecule has 26 heavy (non-hydrogen) atoms. The summed E-state index contributed by atoms with van der Waals surface area (Å²) in [4.78, 5) is 16.4. The van der Waals surface area contributed by atoms with Gasteiger partial charge in [-0.1, -0.05) is 48.5 Å². The van der Waals surface area contributed by atoms with Crippen LogP contribution in [0.2, 0.25) is 0 Å². The van der Waals surface area contributed by atoms with Crippen molar-refractivity contribution in [2.24, 2.45) is 0 Å². The van der Waals surface area contributed by atoms with Gasteiger partial charge in [0.2, 0.25) is 5.79 Å². The van der Waals surface area contributed by atoms with Crippen molar-refractivity contribution in [2.75, 3.05) is 6.61 Å². The average Bonchev–Trinajstić information content (AvgIpc) is 2.67. The van der Waals surface area contributed by atoms with Gasteiger partial charge in [-0.2, -0.15) is 0 Å². The van der Waals surface area contributed by atoms with Crippen LogP contribution < -0.4 is 0 Å². The molecule has 3 rings (SSSR count). The number of ether oxygens (including phenoxy) is 2. The molecule has 0 fully saturated rings. The molecule has 5 heteroatoms. The summed E-state index contributed by atoms with van der Waals surface area (Å²) in [6.07, 6.45) is 3.89. The Bertz CT molecular complexity index is 798. The molecular formula is C21H22O5. The van der Waals surface area contributed by atoms with Crippen LogP contribution in [0.3, 0.4) is 0 Å². The fraction of sp³-hybridized carbons (Fsp3) is 0.286. The van der Waals surface area contributed by atoms with Crippen molar-refractivity contribution in [3.05, 3.63) is 76.9 Å². The maximum absolute atomic E-state index is 11.6. The third-order valence-corrected chi connectivity index (χ3v) is 4.44. The van der Waals surface area contributed by atoms with Crippen LogP contribution >= 0.6 is 0 Å². The Morgan fingerprint density at radius 2 is 1.92 bits per heavy atom. The van der Waals surface area contributed by atoms with Gasteiger partial charge in [0, 0.05) is 18.9 Å². The highest BCUT2D eigenvalue weighted by Gasteiger charge is 2.38. The molecule has 0 aliphatic carbocycles. The number of fused-ring (bicyclic) bond motifs is 1. The Balaban J connectivity index is 1.83. The molecule has 0 radical (unpaired) electrons. The smallest absolute Gasteiger partial charge is 0.330 e. The predicted octanol–water partition coefficient (Wildman–Crippen LogP) is 3.76. The summed E-state index contributed by atoms with van der Waals surface area (Å²) < 4.78 is 10.8. The largest absolute Gasteiger partial charge is 0.463 e. The topological polar surface area (TPSA) is 65.0 Å². The summed E-state index contributed by atoms with van der Waals surface area (Å²) in [5.41, 5.74) is 3.93. The fourth-order valence-corrected chi connectivity index (χ4v) is 3.12. The molecule has 0 amide bonds. The van der Waals surface area contributed by atoms with Gasteiger partial charge in [0.15, 0.2) is 0 Å². The summed E-state index contributed by atoms with van der Waals surface area (Å²) in [7, 11) is 0. The molecule has 0 aromatic heterocycles. The standard InChI is InChI=1S/C21H22O5/c1-2-24-20(22)12-11-16-7-3-4-8-17(16)13-21(26-23)14-18-9-5-6-10-19(18)15-25-21/h3-12,23H,2,13-15H2,1H3/b12-11+. The molecule has 0 saturated carbocycles. The van der Waals surface area contributed by atoms with E-state index in [0.717, 1.165) is 22.3 Å². The number of hydrogen-bond acceptors (Lipinski definition) is 5. The lowest BCUT2D eigenvalue weighted by Crippen LogP contribution is -2.43. The lowest BCUT2D eigenvalue weighted by atomic mass is 9.91. The second-order valence-corrected chi connectivity index (χ2v) is 6.20. The van der Waals surface area contributed by atoms with Gasteiger partial charge in [0.05, 0.1) is 13.2 Å². The van der Waals surface area contributed by atoms with E-state index in [1.807, 2.05) is 48.5 Å². The Morgan fingerprint density at radius 3 is 2.69 bits per heavy atom. The summed E-state index contributed by atoms with van der Waals surface area (Å²) in [6, 6.07) is 15.6. The SMILES string of the molecule is CCOC(=O)/C=C/c1ccccc1CC1(OO)Cc2ccccc2CO1. The molecule has 0 saturated heterocycles. The summed E-state index contributed by atoms with van der Waals surface area (Å²) >= 11 is 0. The van der Waals surface area contributed by atoms with Gasteiger partial charge >= 0.3 is 5.97 Å². The first-order chi connectivity index (χ1) is 12.7. The van der Waals surface area contributed by atoms with Crippen LogP contribution in [0, 0.1) is 0 Å². The minimum absolute atomic E-state index is 0.333. The van der Waals surface area contributed by atoms with Crippen molar-refractivity contribution in [1.82, 2.24) is 0 Å². The molecule has 0 spiro atoms. The van der Waals surface area contributed by atoms with Gasteiger partial charge in [0.1, 0.15) is 0 Å². The fourth-order valence-electron chi connectivity index (χ4n) is 3.12. The number of esters is 1. The van der Waals surface area contributed by atoms with Crippen LogP contribution in [0.15, 0.2) is 54.6 Å². The van der Waals surface area contributed by atoms with E-state index >= 15 is 0 Å². The lowest BCUT2D eigenvalue weighted by Gasteiger charge is -2.35. The van der Waals surface area contributed by atoms with E-state index < -0.39 is 11.8 Å². The molecule has 2 aromatic carbocycles. The molecule has 1 unspecified atom stereocenters. The molecule has 1 aliphatic rings. The van der Waals surface area contributed by atoms with E-state index in [2.05, 4.69) is 0 Å². The zero-order valence-corrected chi connectivity index (χ0v) is 14.7. The minimum atomic E-state index is -1.15. The van der Waals surface area contributed by atoms with Crippen molar-refractivity contribution in [3.63, 3.8) is 0 Å². The predicted molar refractivity (Wildman–Crippen MR) is 97.2 cm³/mol. The first-order valence-corrected chi connectivity index (χ1v) is 8.62.